The standard InChI is InChI=1S/C10H22N2O/c1-13-10(7-11)8-12-9-5-3-2-4-6-9/h9-10,12H,2-8,11H2,1H3. The van der Waals surface area contributed by atoms with Crippen molar-refractivity contribution in [3.05, 3.63) is 0 Å². The topological polar surface area (TPSA) is 47.3 Å². The molecule has 3 N–H and O–H groups in total. The van der Waals surface area contributed by atoms with E-state index in [-0.39, 0.29) is 6.10 Å². The van der Waals surface area contributed by atoms with E-state index in [9.17, 15) is 0 Å². The van der Waals surface area contributed by atoms with Crippen LogP contribution in [0.25, 0.3) is 0 Å². The van der Waals surface area contributed by atoms with E-state index in [0.29, 0.717) is 12.6 Å². The van der Waals surface area contributed by atoms with E-state index in [0.717, 1.165) is 6.54 Å². The molecule has 3 nitrogen and oxygen atoms in total. The van der Waals surface area contributed by atoms with Crippen LogP contribution in [0.5, 0.6) is 0 Å². The molecular formula is C10H22N2O. The van der Waals surface area contributed by atoms with E-state index in [1.165, 1.54) is 32.1 Å². The molecule has 1 fully saturated rings. The Morgan fingerprint density at radius 1 is 1.38 bits per heavy atom. The second kappa shape index (κ2) is 6.35. The highest BCUT2D eigenvalue weighted by Gasteiger charge is 2.14. The Morgan fingerprint density at radius 3 is 2.62 bits per heavy atom. The highest BCUT2D eigenvalue weighted by Crippen LogP contribution is 2.17. The Morgan fingerprint density at radius 2 is 2.08 bits per heavy atom. The van der Waals surface area contributed by atoms with E-state index >= 15 is 0 Å². The van der Waals surface area contributed by atoms with Gasteiger partial charge in [-0.25, -0.2) is 0 Å². The Balaban J connectivity index is 2.09. The average Bonchev–Trinajstić information content (AvgIpc) is 2.21. The van der Waals surface area contributed by atoms with Gasteiger partial charge in [-0.2, -0.15) is 0 Å². The second-order valence-electron chi connectivity index (χ2n) is 3.84. The second-order valence-corrected chi connectivity index (χ2v) is 3.84. The van der Waals surface area contributed by atoms with Crippen molar-refractivity contribution in [3.63, 3.8) is 0 Å². The largest absolute Gasteiger partial charge is 0.379 e. The highest BCUT2D eigenvalue weighted by molar-refractivity contribution is 4.74. The fraction of sp³-hybridized carbons (Fsp3) is 1.00. The molecule has 1 atom stereocenters. The van der Waals surface area contributed by atoms with E-state index in [4.69, 9.17) is 10.5 Å². The molecule has 1 rings (SSSR count). The van der Waals surface area contributed by atoms with Gasteiger partial charge in [0.1, 0.15) is 0 Å². The van der Waals surface area contributed by atoms with Gasteiger partial charge in [0, 0.05) is 26.2 Å². The van der Waals surface area contributed by atoms with Gasteiger partial charge in [0.05, 0.1) is 6.10 Å². The smallest absolute Gasteiger partial charge is 0.0817 e. The Labute approximate surface area is 81.0 Å². The number of rotatable bonds is 5. The Hall–Kier alpha value is -0.120. The lowest BCUT2D eigenvalue weighted by molar-refractivity contribution is 0.104. The molecule has 0 bridgehead atoms. The maximum Gasteiger partial charge on any atom is 0.0817 e. The summed E-state index contributed by atoms with van der Waals surface area (Å²) in [5.41, 5.74) is 5.53. The summed E-state index contributed by atoms with van der Waals surface area (Å²) in [4.78, 5) is 0. The third-order valence-electron chi connectivity index (χ3n) is 2.84. The maximum absolute atomic E-state index is 5.53. The number of methoxy groups -OCH3 is 1. The summed E-state index contributed by atoms with van der Waals surface area (Å²) < 4.78 is 5.20. The van der Waals surface area contributed by atoms with Gasteiger partial charge in [0.2, 0.25) is 0 Å². The predicted molar refractivity (Wildman–Crippen MR) is 54.7 cm³/mol. The number of ether oxygens (including phenoxy) is 1. The van der Waals surface area contributed by atoms with Crippen LogP contribution in [0, 0.1) is 0 Å². The number of hydrogen-bond donors (Lipinski definition) is 2. The van der Waals surface area contributed by atoms with E-state index in [1.807, 2.05) is 0 Å². The summed E-state index contributed by atoms with van der Waals surface area (Å²) in [6, 6.07) is 0.706. The van der Waals surface area contributed by atoms with Crippen molar-refractivity contribution >= 4 is 0 Å². The van der Waals surface area contributed by atoms with Crippen LogP contribution in [-0.4, -0.2) is 32.3 Å². The summed E-state index contributed by atoms with van der Waals surface area (Å²) in [6.07, 6.45) is 6.97. The van der Waals surface area contributed by atoms with Crippen LogP contribution in [-0.2, 0) is 4.74 Å². The van der Waals surface area contributed by atoms with Crippen molar-refractivity contribution < 1.29 is 4.74 Å². The zero-order valence-corrected chi connectivity index (χ0v) is 8.59. The third-order valence-corrected chi connectivity index (χ3v) is 2.84. The lowest BCUT2D eigenvalue weighted by Crippen LogP contribution is -2.40. The molecule has 0 aromatic rings. The predicted octanol–water partition coefficient (Wildman–Crippen LogP) is 0.882. The zero-order chi connectivity index (χ0) is 9.52. The van der Waals surface area contributed by atoms with Gasteiger partial charge in [0.25, 0.3) is 0 Å². The molecular weight excluding hydrogens is 164 g/mol. The van der Waals surface area contributed by atoms with Crippen LogP contribution in [0.15, 0.2) is 0 Å². The Kier molecular flexibility index (Phi) is 5.35. The maximum atomic E-state index is 5.53. The first-order valence-corrected chi connectivity index (χ1v) is 5.33. The van der Waals surface area contributed by atoms with Gasteiger partial charge in [-0.1, -0.05) is 19.3 Å². The van der Waals surface area contributed by atoms with Crippen LogP contribution in [0.4, 0.5) is 0 Å². The lowest BCUT2D eigenvalue weighted by Gasteiger charge is -2.24. The molecule has 0 radical (unpaired) electrons. The SMILES string of the molecule is COC(CN)CNC1CCCCC1. The molecule has 1 unspecified atom stereocenters. The van der Waals surface area contributed by atoms with Crippen LogP contribution < -0.4 is 11.1 Å². The van der Waals surface area contributed by atoms with Crippen molar-refractivity contribution in [1.29, 1.82) is 0 Å². The number of nitrogens with one attached hydrogen (secondary N) is 1. The first kappa shape index (κ1) is 11.0. The summed E-state index contributed by atoms with van der Waals surface area (Å²) in [5, 5.41) is 3.52. The van der Waals surface area contributed by atoms with E-state index < -0.39 is 0 Å². The van der Waals surface area contributed by atoms with Crippen LogP contribution >= 0.6 is 0 Å². The molecule has 0 saturated heterocycles. The first-order chi connectivity index (χ1) is 6.36. The summed E-state index contributed by atoms with van der Waals surface area (Å²) >= 11 is 0. The van der Waals surface area contributed by atoms with Gasteiger partial charge in [-0.3, -0.25) is 0 Å². The Bertz CT molecular complexity index is 120. The minimum absolute atomic E-state index is 0.182. The van der Waals surface area contributed by atoms with Crippen molar-refractivity contribution in [2.24, 2.45) is 5.73 Å². The molecule has 0 heterocycles. The van der Waals surface area contributed by atoms with E-state index in [2.05, 4.69) is 5.32 Å². The van der Waals surface area contributed by atoms with Crippen molar-refractivity contribution in [2.45, 2.75) is 44.2 Å². The van der Waals surface area contributed by atoms with Crippen molar-refractivity contribution in [3.8, 4) is 0 Å². The molecule has 1 aliphatic carbocycles. The van der Waals surface area contributed by atoms with Crippen LogP contribution in [0.2, 0.25) is 0 Å². The first-order valence-electron chi connectivity index (χ1n) is 5.33. The summed E-state index contributed by atoms with van der Waals surface area (Å²) in [5.74, 6) is 0. The fourth-order valence-corrected chi connectivity index (χ4v) is 1.87. The van der Waals surface area contributed by atoms with E-state index in [1.54, 1.807) is 7.11 Å². The number of hydrogen-bond acceptors (Lipinski definition) is 3. The van der Waals surface area contributed by atoms with Crippen molar-refractivity contribution in [2.75, 3.05) is 20.2 Å². The minimum Gasteiger partial charge on any atom is -0.379 e. The molecule has 0 aliphatic heterocycles. The molecule has 1 aliphatic rings. The normalized spacial score (nSPS) is 21.7. The summed E-state index contributed by atoms with van der Waals surface area (Å²) in [7, 11) is 1.72. The fourth-order valence-electron chi connectivity index (χ4n) is 1.87. The molecule has 0 amide bonds. The molecule has 0 spiro atoms. The molecule has 0 aromatic carbocycles. The molecule has 13 heavy (non-hydrogen) atoms. The van der Waals surface area contributed by atoms with Crippen molar-refractivity contribution in [1.82, 2.24) is 5.32 Å². The average molecular weight is 186 g/mol. The highest BCUT2D eigenvalue weighted by atomic mass is 16.5. The van der Waals surface area contributed by atoms with Gasteiger partial charge in [-0.15, -0.1) is 0 Å². The van der Waals surface area contributed by atoms with Gasteiger partial charge in [-0.05, 0) is 12.8 Å². The zero-order valence-electron chi connectivity index (χ0n) is 8.59. The third kappa shape index (κ3) is 4.07. The van der Waals surface area contributed by atoms with Gasteiger partial charge < -0.3 is 15.8 Å². The molecule has 3 heteroatoms. The van der Waals surface area contributed by atoms with Crippen LogP contribution in [0.1, 0.15) is 32.1 Å². The number of nitrogens with two attached hydrogens (primary N) is 1. The summed E-state index contributed by atoms with van der Waals surface area (Å²) in [6.45, 7) is 1.51. The van der Waals surface area contributed by atoms with Gasteiger partial charge >= 0.3 is 0 Å². The minimum atomic E-state index is 0.182. The van der Waals surface area contributed by atoms with Gasteiger partial charge in [0.15, 0.2) is 0 Å². The lowest BCUT2D eigenvalue weighted by atomic mass is 9.95. The molecule has 0 aromatic heterocycles. The van der Waals surface area contributed by atoms with Crippen LogP contribution in [0.3, 0.4) is 0 Å². The molecule has 78 valence electrons. The quantitative estimate of drug-likeness (QED) is 0.670. The monoisotopic (exact) mass is 186 g/mol. The molecule has 1 saturated carbocycles.